The Morgan fingerprint density at radius 3 is 1.55 bits per heavy atom. The number of oxime groups is 1. The number of carbonyl (C=O) groups excluding carboxylic acids is 1. The summed E-state index contributed by atoms with van der Waals surface area (Å²) in [5.41, 5.74) is 2.57. The van der Waals surface area contributed by atoms with Crippen molar-refractivity contribution in [3.8, 4) is 0 Å². The summed E-state index contributed by atoms with van der Waals surface area (Å²) in [5.74, 6) is 0.120. The van der Waals surface area contributed by atoms with E-state index in [4.69, 9.17) is 5.21 Å². The van der Waals surface area contributed by atoms with Crippen LogP contribution in [0.1, 0.15) is 23.6 Å². The molecule has 148 valence electrons. The zero-order chi connectivity index (χ0) is 20.7. The highest BCUT2D eigenvalue weighted by Gasteiger charge is 2.43. The van der Waals surface area contributed by atoms with Gasteiger partial charge in [-0.1, -0.05) is 112 Å². The van der Waals surface area contributed by atoms with Crippen LogP contribution in [0.4, 0.5) is 0 Å². The molecule has 0 aromatic heterocycles. The molecule has 3 rings (SSSR count). The molecule has 0 amide bonds. The van der Waals surface area contributed by atoms with Crippen molar-refractivity contribution in [1.29, 1.82) is 0 Å². The number of hydrogen-bond acceptors (Lipinski definition) is 3. The van der Waals surface area contributed by atoms with Crippen molar-refractivity contribution in [2.45, 2.75) is 12.3 Å². The molecule has 1 atom stereocenters. The number of carbonyl (C=O) groups is 1. The minimum atomic E-state index is -0.900. The molecule has 5 heteroatoms. The maximum Gasteiger partial charge on any atom is 0.157 e. The maximum atomic E-state index is 14.0. The molecule has 0 bridgehead atoms. The molecule has 0 aliphatic rings. The van der Waals surface area contributed by atoms with E-state index in [-0.39, 0.29) is 5.78 Å². The molecule has 29 heavy (non-hydrogen) atoms. The van der Waals surface area contributed by atoms with Crippen LogP contribution in [-0.4, -0.2) is 29.0 Å². The molecule has 1 unspecified atom stereocenters. The molecule has 0 spiro atoms. The number of rotatable bonds is 8. The summed E-state index contributed by atoms with van der Waals surface area (Å²) in [6, 6.07) is 29.9. The minimum Gasteiger partial charge on any atom is -0.411 e. The highest BCUT2D eigenvalue weighted by Crippen LogP contribution is 2.48. The van der Waals surface area contributed by atoms with Gasteiger partial charge in [-0.3, -0.25) is 4.79 Å². The lowest BCUT2D eigenvalue weighted by molar-refractivity contribution is -0.119. The van der Waals surface area contributed by atoms with Gasteiger partial charge >= 0.3 is 0 Å². The van der Waals surface area contributed by atoms with E-state index in [1.807, 2.05) is 91.0 Å². The molecule has 0 saturated heterocycles. The van der Waals surface area contributed by atoms with E-state index in [0.29, 0.717) is 18.0 Å². The van der Waals surface area contributed by atoms with Crippen molar-refractivity contribution in [3.05, 3.63) is 108 Å². The van der Waals surface area contributed by atoms with Crippen molar-refractivity contribution in [2.75, 3.05) is 12.3 Å². The Morgan fingerprint density at radius 2 is 1.21 bits per heavy atom. The molecule has 3 aromatic carbocycles. The zero-order valence-corrected chi connectivity index (χ0v) is 18.7. The summed E-state index contributed by atoms with van der Waals surface area (Å²) in [7, 11) is 0. The summed E-state index contributed by atoms with van der Waals surface area (Å²) in [5, 5.41) is 12.3. The van der Waals surface area contributed by atoms with Gasteiger partial charge in [0, 0.05) is 12.3 Å². The smallest absolute Gasteiger partial charge is 0.157 e. The van der Waals surface area contributed by atoms with Crippen molar-refractivity contribution < 1.29 is 10.0 Å². The fraction of sp³-hybridized carbons (Fsp3) is 0.167. The monoisotopic (exact) mass is 467 g/mol. The van der Waals surface area contributed by atoms with Crippen LogP contribution in [0.25, 0.3) is 0 Å². The van der Waals surface area contributed by atoms with Gasteiger partial charge < -0.3 is 5.21 Å². The Kier molecular flexibility index (Phi) is 7.35. The minimum absolute atomic E-state index is 0.120. The van der Waals surface area contributed by atoms with Gasteiger partial charge in [-0.2, -0.15) is 0 Å². The van der Waals surface area contributed by atoms with Gasteiger partial charge in [0.1, 0.15) is 5.41 Å². The van der Waals surface area contributed by atoms with Crippen molar-refractivity contribution in [3.63, 3.8) is 0 Å². The van der Waals surface area contributed by atoms with Crippen LogP contribution in [0.5, 0.6) is 0 Å². The number of benzene rings is 3. The molecule has 1 N–H and O–H groups in total. The number of halogens is 1. The highest BCUT2D eigenvalue weighted by atomic mass is 79.9. The first-order valence-corrected chi connectivity index (χ1v) is 13.1. The fourth-order valence-corrected chi connectivity index (χ4v) is 6.65. The average Bonchev–Trinajstić information content (AvgIpc) is 2.76. The van der Waals surface area contributed by atoms with E-state index in [1.165, 1.54) is 0 Å². The Hall–Kier alpha value is -2.29. The number of ketones is 1. The summed E-state index contributed by atoms with van der Waals surface area (Å²) in [6.45, 7) is 0.935. The molecule has 0 fully saturated rings. The third-order valence-corrected chi connectivity index (χ3v) is 7.86. The molecule has 0 aliphatic heterocycles. The predicted molar refractivity (Wildman–Crippen MR) is 125 cm³/mol. The lowest BCUT2D eigenvalue weighted by Crippen LogP contribution is -2.40. The number of nitrogens with zero attached hydrogens (tertiary/aromatic N) is 1. The molecule has 0 radical (unpaired) electrons. The third kappa shape index (κ3) is 4.66. The van der Waals surface area contributed by atoms with E-state index >= 15 is 0 Å². The molecular weight excluding hydrogens is 445 g/mol. The van der Waals surface area contributed by atoms with Gasteiger partial charge in [0.2, 0.25) is 0 Å². The topological polar surface area (TPSA) is 49.7 Å². The Morgan fingerprint density at radius 1 is 0.828 bits per heavy atom. The van der Waals surface area contributed by atoms with Crippen LogP contribution in [0.2, 0.25) is 0 Å². The zero-order valence-electron chi connectivity index (χ0n) is 16.2. The van der Waals surface area contributed by atoms with Gasteiger partial charge in [0.15, 0.2) is 5.78 Å². The molecule has 0 aliphatic carbocycles. The van der Waals surface area contributed by atoms with Crippen molar-refractivity contribution >= 4 is 33.6 Å². The SMILES string of the molecule is CC(CP(Br)CC(=O)C(c1ccccc1)(c1ccccc1)c1ccccc1)=NO. The fourth-order valence-electron chi connectivity index (χ4n) is 3.66. The van der Waals surface area contributed by atoms with Crippen LogP contribution in [-0.2, 0) is 10.2 Å². The summed E-state index contributed by atoms with van der Waals surface area (Å²) in [4.78, 5) is 14.0. The van der Waals surface area contributed by atoms with Gasteiger partial charge in [-0.15, -0.1) is 0 Å². The first-order chi connectivity index (χ1) is 14.1. The lowest BCUT2D eigenvalue weighted by Gasteiger charge is -2.35. The second kappa shape index (κ2) is 9.96. The Labute approximate surface area is 181 Å². The second-order valence-corrected chi connectivity index (χ2v) is 11.5. The summed E-state index contributed by atoms with van der Waals surface area (Å²) < 4.78 is 0. The molecule has 3 nitrogen and oxygen atoms in total. The van der Waals surface area contributed by atoms with Crippen LogP contribution in [0, 0.1) is 0 Å². The maximum absolute atomic E-state index is 14.0. The van der Waals surface area contributed by atoms with E-state index < -0.39 is 12.0 Å². The Balaban J connectivity index is 2.18. The van der Waals surface area contributed by atoms with Crippen LogP contribution in [0.15, 0.2) is 96.2 Å². The number of hydrogen-bond donors (Lipinski definition) is 1. The standard InChI is InChI=1S/C24H23BrNO2P/c1-19(26-28)17-29(25)18-23(27)24(20-11-5-2-6-12-20,21-13-7-3-8-14-21)22-15-9-4-10-16-22/h2-16,28H,17-18H2,1H3. The third-order valence-electron chi connectivity index (χ3n) is 4.92. The molecule has 3 aromatic rings. The van der Waals surface area contributed by atoms with Gasteiger partial charge in [-0.25, -0.2) is 0 Å². The summed E-state index contributed by atoms with van der Waals surface area (Å²) in [6.07, 6.45) is 0.924. The van der Waals surface area contributed by atoms with Gasteiger partial charge in [0.25, 0.3) is 0 Å². The second-order valence-electron chi connectivity index (χ2n) is 6.89. The van der Waals surface area contributed by atoms with E-state index in [9.17, 15) is 4.79 Å². The van der Waals surface area contributed by atoms with Crippen LogP contribution < -0.4 is 0 Å². The molecule has 0 saturated carbocycles. The quantitative estimate of drug-likeness (QED) is 0.140. The van der Waals surface area contributed by atoms with Crippen molar-refractivity contribution in [1.82, 2.24) is 0 Å². The normalized spacial score (nSPS) is 13.1. The van der Waals surface area contributed by atoms with Gasteiger partial charge in [-0.05, 0) is 30.2 Å². The van der Waals surface area contributed by atoms with Crippen molar-refractivity contribution in [2.24, 2.45) is 5.16 Å². The van der Waals surface area contributed by atoms with Crippen LogP contribution >= 0.6 is 22.1 Å². The van der Waals surface area contributed by atoms with E-state index in [1.54, 1.807) is 6.92 Å². The van der Waals surface area contributed by atoms with Gasteiger partial charge in [0.05, 0.1) is 5.71 Å². The Bertz CT molecular complexity index is 865. The summed E-state index contributed by atoms with van der Waals surface area (Å²) >= 11 is 3.68. The predicted octanol–water partition coefficient (Wildman–Crippen LogP) is 6.23. The number of Topliss-reactive ketones (excluding diaryl/α,β-unsaturated/α-hetero) is 1. The first kappa shape index (κ1) is 21.4. The van der Waals surface area contributed by atoms with E-state index in [2.05, 4.69) is 20.6 Å². The van der Waals surface area contributed by atoms with E-state index in [0.717, 1.165) is 16.7 Å². The molecule has 0 heterocycles. The molecular formula is C24H23BrNO2P. The lowest BCUT2D eigenvalue weighted by atomic mass is 9.67. The average molecular weight is 468 g/mol. The van der Waals surface area contributed by atoms with Crippen LogP contribution in [0.3, 0.4) is 0 Å². The largest absolute Gasteiger partial charge is 0.411 e. The highest BCUT2D eigenvalue weighted by molar-refractivity contribution is 9.39. The first-order valence-electron chi connectivity index (χ1n) is 9.37.